The molecule has 1 aliphatic carbocycles. The Hall–Kier alpha value is -2.72. The molecule has 1 unspecified atom stereocenters. The molecule has 35 heavy (non-hydrogen) atoms. The van der Waals surface area contributed by atoms with Crippen molar-refractivity contribution in [2.45, 2.75) is 36.8 Å². The number of β-amino-alcohol motifs (C(OH)–C–C–N with tert-alkyl or cyclic N) is 1. The summed E-state index contributed by atoms with van der Waals surface area (Å²) in [7, 11) is 0. The van der Waals surface area contributed by atoms with Crippen LogP contribution in [0.25, 0.3) is 0 Å². The predicted molar refractivity (Wildman–Crippen MR) is 130 cm³/mol. The molecule has 7 nitrogen and oxygen atoms in total. The standard InChI is InChI=1S/C25H23ClFN3O4S/c26-18-10-15(27)2-3-17(18)22(30-8-5-16(31)12-30)21-11-28-24(35-21)29-23(32)25(6-7-25)14-1-4-19-20(9-14)34-13-33-19/h1-4,9-11,16,22,31H,5-8,12-13H2,(H,28,29,32)/t16-,22?/m1/s1. The minimum absolute atomic E-state index is 0.106. The summed E-state index contributed by atoms with van der Waals surface area (Å²) in [6.07, 6.45) is 3.43. The summed E-state index contributed by atoms with van der Waals surface area (Å²) < 4.78 is 24.6. The number of amides is 1. The molecule has 10 heteroatoms. The van der Waals surface area contributed by atoms with Crippen LogP contribution in [0.2, 0.25) is 5.02 Å². The zero-order valence-corrected chi connectivity index (χ0v) is 20.2. The molecule has 2 aromatic carbocycles. The third-order valence-electron chi connectivity index (χ3n) is 6.94. The van der Waals surface area contributed by atoms with Gasteiger partial charge in [-0.25, -0.2) is 9.37 Å². The van der Waals surface area contributed by atoms with Gasteiger partial charge in [0, 0.05) is 29.2 Å². The van der Waals surface area contributed by atoms with Crippen molar-refractivity contribution in [1.82, 2.24) is 9.88 Å². The van der Waals surface area contributed by atoms with E-state index in [4.69, 9.17) is 21.1 Å². The molecule has 1 amide bonds. The number of aromatic nitrogens is 1. The fourth-order valence-electron chi connectivity index (χ4n) is 4.91. The van der Waals surface area contributed by atoms with Gasteiger partial charge < -0.3 is 19.9 Å². The van der Waals surface area contributed by atoms with Crippen LogP contribution in [0, 0.1) is 5.82 Å². The van der Waals surface area contributed by atoms with Gasteiger partial charge in [-0.2, -0.15) is 0 Å². The third kappa shape index (κ3) is 4.16. The first-order valence-corrected chi connectivity index (χ1v) is 12.7. The van der Waals surface area contributed by atoms with E-state index in [2.05, 4.69) is 15.2 Å². The highest BCUT2D eigenvalue weighted by Crippen LogP contribution is 2.51. The smallest absolute Gasteiger partial charge is 0.236 e. The number of aliphatic hydroxyl groups excluding tert-OH is 1. The molecule has 2 fully saturated rings. The van der Waals surface area contributed by atoms with Crippen LogP contribution in [0.3, 0.4) is 0 Å². The number of hydrogen-bond acceptors (Lipinski definition) is 7. The van der Waals surface area contributed by atoms with Crippen LogP contribution in [0.5, 0.6) is 11.5 Å². The van der Waals surface area contributed by atoms with Crippen molar-refractivity contribution in [3.63, 3.8) is 0 Å². The second kappa shape index (κ2) is 8.74. The molecule has 0 spiro atoms. The molecule has 3 aromatic rings. The van der Waals surface area contributed by atoms with Crippen LogP contribution >= 0.6 is 22.9 Å². The van der Waals surface area contributed by atoms with Gasteiger partial charge in [-0.15, -0.1) is 0 Å². The van der Waals surface area contributed by atoms with E-state index in [1.165, 1.54) is 23.5 Å². The number of ether oxygens (including phenoxy) is 2. The molecule has 2 N–H and O–H groups in total. The molecule has 3 heterocycles. The maximum Gasteiger partial charge on any atom is 0.236 e. The average Bonchev–Trinajstić information content (AvgIpc) is 3.12. The first-order valence-electron chi connectivity index (χ1n) is 11.5. The summed E-state index contributed by atoms with van der Waals surface area (Å²) in [5, 5.41) is 13.9. The van der Waals surface area contributed by atoms with Crippen molar-refractivity contribution in [1.29, 1.82) is 0 Å². The number of likely N-dealkylation sites (tertiary alicyclic amines) is 1. The van der Waals surface area contributed by atoms with Gasteiger partial charge in [0.1, 0.15) is 5.82 Å². The summed E-state index contributed by atoms with van der Waals surface area (Å²) in [5.74, 6) is 0.830. The van der Waals surface area contributed by atoms with Crippen molar-refractivity contribution in [3.8, 4) is 11.5 Å². The number of carbonyl (C=O) groups excluding carboxylic acids is 1. The van der Waals surface area contributed by atoms with E-state index >= 15 is 0 Å². The van der Waals surface area contributed by atoms with Gasteiger partial charge in [-0.1, -0.05) is 35.1 Å². The topological polar surface area (TPSA) is 83.9 Å². The number of aliphatic hydroxyl groups is 1. The van der Waals surface area contributed by atoms with Crippen molar-refractivity contribution in [2.75, 3.05) is 25.2 Å². The van der Waals surface area contributed by atoms with Crippen LogP contribution in [-0.4, -0.2) is 46.9 Å². The first-order chi connectivity index (χ1) is 16.9. The van der Waals surface area contributed by atoms with Gasteiger partial charge >= 0.3 is 0 Å². The number of halogens is 2. The van der Waals surface area contributed by atoms with E-state index in [1.54, 1.807) is 12.3 Å². The van der Waals surface area contributed by atoms with E-state index in [0.717, 1.165) is 28.8 Å². The third-order valence-corrected chi connectivity index (χ3v) is 8.23. The summed E-state index contributed by atoms with van der Waals surface area (Å²) in [6.45, 7) is 1.34. The Morgan fingerprint density at radius 2 is 2.09 bits per heavy atom. The lowest BCUT2D eigenvalue weighted by atomic mass is 9.94. The number of nitrogens with zero attached hydrogens (tertiary/aromatic N) is 2. The molecule has 6 rings (SSSR count). The summed E-state index contributed by atoms with van der Waals surface area (Å²) >= 11 is 7.78. The van der Waals surface area contributed by atoms with Gasteiger partial charge in [-0.3, -0.25) is 9.69 Å². The molecule has 2 atom stereocenters. The monoisotopic (exact) mass is 515 g/mol. The van der Waals surface area contributed by atoms with Gasteiger partial charge in [0.25, 0.3) is 0 Å². The van der Waals surface area contributed by atoms with Crippen molar-refractivity contribution in [2.24, 2.45) is 0 Å². The lowest BCUT2D eigenvalue weighted by Gasteiger charge is -2.27. The summed E-state index contributed by atoms with van der Waals surface area (Å²) in [4.78, 5) is 20.7. The molecule has 1 saturated carbocycles. The Morgan fingerprint density at radius 1 is 1.26 bits per heavy atom. The lowest BCUT2D eigenvalue weighted by molar-refractivity contribution is -0.118. The van der Waals surface area contributed by atoms with Gasteiger partial charge in [-0.05, 0) is 54.7 Å². The number of hydrogen-bond donors (Lipinski definition) is 2. The maximum atomic E-state index is 13.7. The predicted octanol–water partition coefficient (Wildman–Crippen LogP) is 4.49. The minimum atomic E-state index is -0.606. The largest absolute Gasteiger partial charge is 0.454 e. The lowest BCUT2D eigenvalue weighted by Crippen LogP contribution is -2.28. The second-order valence-electron chi connectivity index (χ2n) is 9.18. The SMILES string of the molecule is O=C(Nc1ncc(C(c2ccc(F)cc2Cl)N2CC[C@@H](O)C2)s1)C1(c2ccc3c(c2)OCO3)CC1. The van der Waals surface area contributed by atoms with Crippen molar-refractivity contribution < 1.29 is 23.8 Å². The molecular formula is C25H23ClFN3O4S. The van der Waals surface area contributed by atoms with Crippen LogP contribution in [0.1, 0.15) is 41.3 Å². The number of nitrogens with one attached hydrogen (secondary N) is 1. The summed E-state index contributed by atoms with van der Waals surface area (Å²) in [6, 6.07) is 9.69. The molecule has 1 aromatic heterocycles. The molecule has 2 aliphatic heterocycles. The number of benzene rings is 2. The number of rotatable bonds is 6. The highest BCUT2D eigenvalue weighted by molar-refractivity contribution is 7.15. The van der Waals surface area contributed by atoms with Crippen molar-refractivity contribution in [3.05, 3.63) is 69.4 Å². The molecular weight excluding hydrogens is 493 g/mol. The Balaban J connectivity index is 1.25. The second-order valence-corrected chi connectivity index (χ2v) is 10.6. The highest BCUT2D eigenvalue weighted by atomic mass is 35.5. The van der Waals surface area contributed by atoms with E-state index in [9.17, 15) is 14.3 Å². The molecule has 0 bridgehead atoms. The number of thiazole rings is 1. The minimum Gasteiger partial charge on any atom is -0.454 e. The Labute approximate surface area is 210 Å². The van der Waals surface area contributed by atoms with Crippen molar-refractivity contribution >= 4 is 34.0 Å². The quantitative estimate of drug-likeness (QED) is 0.503. The van der Waals surface area contributed by atoms with Crippen LogP contribution in [0.4, 0.5) is 9.52 Å². The Kier molecular flexibility index (Phi) is 5.68. The van der Waals surface area contributed by atoms with E-state index in [1.807, 2.05) is 18.2 Å². The normalized spacial score (nSPS) is 21.2. The van der Waals surface area contributed by atoms with E-state index < -0.39 is 17.3 Å². The fourth-order valence-corrected chi connectivity index (χ4v) is 6.15. The maximum absolute atomic E-state index is 13.7. The van der Waals surface area contributed by atoms with Crippen LogP contribution in [0.15, 0.2) is 42.6 Å². The Bertz CT molecular complexity index is 1300. The first kappa shape index (κ1) is 22.7. The molecule has 0 radical (unpaired) electrons. The van der Waals surface area contributed by atoms with Gasteiger partial charge in [0.15, 0.2) is 16.6 Å². The van der Waals surface area contributed by atoms with E-state index in [-0.39, 0.29) is 18.7 Å². The summed E-state index contributed by atoms with van der Waals surface area (Å²) in [5.41, 5.74) is 1.03. The van der Waals surface area contributed by atoms with Crippen LogP contribution in [-0.2, 0) is 10.2 Å². The number of carbonyl (C=O) groups is 1. The molecule has 182 valence electrons. The van der Waals surface area contributed by atoms with Crippen LogP contribution < -0.4 is 14.8 Å². The van der Waals surface area contributed by atoms with E-state index in [0.29, 0.717) is 41.2 Å². The highest BCUT2D eigenvalue weighted by Gasteiger charge is 2.52. The Morgan fingerprint density at radius 3 is 2.83 bits per heavy atom. The number of fused-ring (bicyclic) bond motifs is 1. The average molecular weight is 516 g/mol. The molecule has 3 aliphatic rings. The number of anilines is 1. The fraction of sp³-hybridized carbons (Fsp3) is 0.360. The zero-order chi connectivity index (χ0) is 24.2. The van der Waals surface area contributed by atoms with Gasteiger partial charge in [0.05, 0.1) is 17.6 Å². The molecule has 1 saturated heterocycles. The zero-order valence-electron chi connectivity index (χ0n) is 18.7. The van der Waals surface area contributed by atoms with Gasteiger partial charge in [0.2, 0.25) is 12.7 Å².